The summed E-state index contributed by atoms with van der Waals surface area (Å²) in [6.07, 6.45) is 4.75. The molecule has 1 fully saturated rings. The lowest BCUT2D eigenvalue weighted by Crippen LogP contribution is -2.45. The van der Waals surface area contributed by atoms with E-state index in [0.29, 0.717) is 24.7 Å². The van der Waals surface area contributed by atoms with Crippen molar-refractivity contribution in [2.45, 2.75) is 18.9 Å². The van der Waals surface area contributed by atoms with Gasteiger partial charge in [0.25, 0.3) is 5.56 Å². The van der Waals surface area contributed by atoms with Gasteiger partial charge >= 0.3 is 6.09 Å². The molecule has 1 aliphatic rings. The minimum atomic E-state index is -0.334. The molecule has 1 N–H and O–H groups in total. The number of carbonyl (C=O) groups excluding carboxylic acids is 1. The minimum absolute atomic E-state index is 0.0126. The van der Waals surface area contributed by atoms with Crippen molar-refractivity contribution in [3.8, 4) is 11.3 Å². The van der Waals surface area contributed by atoms with Gasteiger partial charge in [0.05, 0.1) is 12.8 Å². The maximum atomic E-state index is 12.3. The van der Waals surface area contributed by atoms with Crippen LogP contribution in [-0.4, -0.2) is 51.8 Å². The number of ether oxygens (including phenoxy) is 1. The lowest BCUT2D eigenvalue weighted by atomic mass is 10.1. The number of nitrogens with one attached hydrogen (secondary N) is 1. The van der Waals surface area contributed by atoms with Gasteiger partial charge in [-0.05, 0) is 25.0 Å². The molecule has 1 unspecified atom stereocenters. The number of amides is 1. The summed E-state index contributed by atoms with van der Waals surface area (Å²) in [6, 6.07) is 5.14. The topological polar surface area (TPSA) is 89.3 Å². The molecule has 0 aliphatic carbocycles. The van der Waals surface area contributed by atoms with E-state index < -0.39 is 0 Å². The largest absolute Gasteiger partial charge is 0.453 e. The third kappa shape index (κ3) is 3.78. The Morgan fingerprint density at radius 3 is 2.84 bits per heavy atom. The first-order valence-electron chi connectivity index (χ1n) is 8.16. The monoisotopic (exact) mass is 343 g/mol. The maximum Gasteiger partial charge on any atom is 0.409 e. The number of rotatable bonds is 3. The Morgan fingerprint density at radius 2 is 2.12 bits per heavy atom. The number of anilines is 1. The number of pyridine rings is 1. The van der Waals surface area contributed by atoms with Crippen molar-refractivity contribution in [1.82, 2.24) is 19.4 Å². The first kappa shape index (κ1) is 16.9. The number of likely N-dealkylation sites (tertiary alicyclic amines) is 1. The van der Waals surface area contributed by atoms with Gasteiger partial charge in [-0.3, -0.25) is 14.3 Å². The summed E-state index contributed by atoms with van der Waals surface area (Å²) in [5, 5.41) is 3.30. The molecule has 0 radical (unpaired) electrons. The Labute approximate surface area is 145 Å². The molecule has 0 bridgehead atoms. The molecule has 132 valence electrons. The molecular formula is C17H21N5O3. The van der Waals surface area contributed by atoms with Crippen molar-refractivity contribution in [3.63, 3.8) is 0 Å². The van der Waals surface area contributed by atoms with Crippen LogP contribution in [0.5, 0.6) is 0 Å². The van der Waals surface area contributed by atoms with Crippen molar-refractivity contribution < 1.29 is 9.53 Å². The van der Waals surface area contributed by atoms with E-state index >= 15 is 0 Å². The van der Waals surface area contributed by atoms with E-state index in [9.17, 15) is 9.59 Å². The second kappa shape index (κ2) is 7.33. The number of hydrogen-bond donors (Lipinski definition) is 1. The maximum absolute atomic E-state index is 12.3. The molecule has 8 heteroatoms. The van der Waals surface area contributed by atoms with E-state index in [4.69, 9.17) is 4.74 Å². The first-order chi connectivity index (χ1) is 12.1. The molecule has 2 aromatic heterocycles. The number of nitrogens with zero attached hydrogens (tertiary/aromatic N) is 4. The smallest absolute Gasteiger partial charge is 0.409 e. The van der Waals surface area contributed by atoms with Crippen LogP contribution in [0.1, 0.15) is 12.8 Å². The van der Waals surface area contributed by atoms with Crippen molar-refractivity contribution in [2.24, 2.45) is 7.05 Å². The summed E-state index contributed by atoms with van der Waals surface area (Å²) in [7, 11) is 3.05. The quantitative estimate of drug-likeness (QED) is 0.908. The average molecular weight is 343 g/mol. The predicted molar refractivity (Wildman–Crippen MR) is 93.3 cm³/mol. The Bertz CT molecular complexity index is 806. The van der Waals surface area contributed by atoms with Crippen LogP contribution in [0.25, 0.3) is 11.3 Å². The highest BCUT2D eigenvalue weighted by molar-refractivity contribution is 5.67. The van der Waals surface area contributed by atoms with Crippen LogP contribution in [0.3, 0.4) is 0 Å². The Hall–Kier alpha value is -2.90. The highest BCUT2D eigenvalue weighted by Crippen LogP contribution is 2.18. The van der Waals surface area contributed by atoms with Gasteiger partial charge < -0.3 is 15.0 Å². The van der Waals surface area contributed by atoms with Crippen LogP contribution in [-0.2, 0) is 11.8 Å². The fraction of sp³-hybridized carbons (Fsp3) is 0.412. The molecule has 3 rings (SSSR count). The van der Waals surface area contributed by atoms with Gasteiger partial charge in [-0.1, -0.05) is 0 Å². The zero-order valence-corrected chi connectivity index (χ0v) is 14.3. The van der Waals surface area contributed by atoms with Crippen LogP contribution in [0.15, 0.2) is 35.4 Å². The van der Waals surface area contributed by atoms with Crippen molar-refractivity contribution >= 4 is 12.0 Å². The van der Waals surface area contributed by atoms with Crippen molar-refractivity contribution in [3.05, 3.63) is 40.9 Å². The number of aromatic nitrogens is 3. The van der Waals surface area contributed by atoms with Gasteiger partial charge in [0.15, 0.2) is 0 Å². The minimum Gasteiger partial charge on any atom is -0.453 e. The fourth-order valence-electron chi connectivity index (χ4n) is 2.91. The SMILES string of the molecule is COC(=O)N1CCCC(Nc2nc(-c3ccncc3)cc(=O)n2C)C1. The first-order valence-corrected chi connectivity index (χ1v) is 8.16. The standard InChI is InChI=1S/C17H21N5O3/c1-21-15(23)10-14(12-5-7-18-8-6-12)20-16(21)19-13-4-3-9-22(11-13)17(24)25-2/h5-8,10,13H,3-4,9,11H2,1-2H3,(H,19,20). The normalized spacial score (nSPS) is 17.2. The van der Waals surface area contributed by atoms with E-state index in [-0.39, 0.29) is 17.7 Å². The lowest BCUT2D eigenvalue weighted by molar-refractivity contribution is 0.113. The summed E-state index contributed by atoms with van der Waals surface area (Å²) in [4.78, 5) is 34.2. The summed E-state index contributed by atoms with van der Waals surface area (Å²) in [6.45, 7) is 1.19. The highest BCUT2D eigenvalue weighted by Gasteiger charge is 2.25. The summed E-state index contributed by atoms with van der Waals surface area (Å²) in [5.74, 6) is 0.482. The number of hydrogen-bond acceptors (Lipinski definition) is 6. The van der Waals surface area contributed by atoms with Crippen molar-refractivity contribution in [1.29, 1.82) is 0 Å². The number of methoxy groups -OCH3 is 1. The molecule has 2 aromatic rings. The summed E-state index contributed by atoms with van der Waals surface area (Å²) >= 11 is 0. The molecule has 8 nitrogen and oxygen atoms in total. The summed E-state index contributed by atoms with van der Waals surface area (Å²) < 4.78 is 6.26. The van der Waals surface area contributed by atoms with Gasteiger partial charge in [0, 0.05) is 50.2 Å². The van der Waals surface area contributed by atoms with Crippen molar-refractivity contribution in [2.75, 3.05) is 25.5 Å². The molecule has 0 spiro atoms. The molecule has 0 saturated carbocycles. The third-order valence-electron chi connectivity index (χ3n) is 4.30. The predicted octanol–water partition coefficient (Wildman–Crippen LogP) is 1.48. The third-order valence-corrected chi connectivity index (χ3v) is 4.30. The summed E-state index contributed by atoms with van der Waals surface area (Å²) in [5.41, 5.74) is 1.27. The van der Waals surface area contributed by atoms with Gasteiger partial charge in [0.2, 0.25) is 5.95 Å². The molecule has 1 amide bonds. The molecule has 3 heterocycles. The highest BCUT2D eigenvalue weighted by atomic mass is 16.5. The molecule has 1 aliphatic heterocycles. The van der Waals surface area contributed by atoms with Gasteiger partial charge in [0.1, 0.15) is 0 Å². The van der Waals surface area contributed by atoms with Crippen LogP contribution < -0.4 is 10.9 Å². The second-order valence-electron chi connectivity index (χ2n) is 6.00. The molecule has 1 saturated heterocycles. The molecule has 1 atom stereocenters. The van der Waals surface area contributed by atoms with Crippen LogP contribution in [0.2, 0.25) is 0 Å². The Kier molecular flexibility index (Phi) is 4.97. The van der Waals surface area contributed by atoms with Crippen LogP contribution >= 0.6 is 0 Å². The Morgan fingerprint density at radius 1 is 1.36 bits per heavy atom. The molecule has 25 heavy (non-hydrogen) atoms. The zero-order valence-electron chi connectivity index (χ0n) is 14.3. The molecule has 0 aromatic carbocycles. The van der Waals surface area contributed by atoms with E-state index in [1.807, 2.05) is 12.1 Å². The van der Waals surface area contributed by atoms with Crippen LogP contribution in [0, 0.1) is 0 Å². The number of carbonyl (C=O) groups is 1. The second-order valence-corrected chi connectivity index (χ2v) is 6.00. The lowest BCUT2D eigenvalue weighted by Gasteiger charge is -2.32. The van der Waals surface area contributed by atoms with Gasteiger partial charge in [-0.2, -0.15) is 0 Å². The van der Waals surface area contributed by atoms with E-state index in [2.05, 4.69) is 15.3 Å². The van der Waals surface area contributed by atoms with Gasteiger partial charge in [-0.25, -0.2) is 9.78 Å². The van der Waals surface area contributed by atoms with Crippen LogP contribution in [0.4, 0.5) is 10.7 Å². The van der Waals surface area contributed by atoms with Gasteiger partial charge in [-0.15, -0.1) is 0 Å². The van der Waals surface area contributed by atoms with E-state index in [1.54, 1.807) is 24.3 Å². The fourth-order valence-corrected chi connectivity index (χ4v) is 2.91. The molecular weight excluding hydrogens is 322 g/mol. The average Bonchev–Trinajstić information content (AvgIpc) is 2.65. The zero-order chi connectivity index (χ0) is 17.8. The van der Waals surface area contributed by atoms with E-state index in [1.165, 1.54) is 17.7 Å². The van der Waals surface area contributed by atoms with E-state index in [0.717, 1.165) is 18.4 Å². The Balaban J connectivity index is 1.83. The number of piperidine rings is 1.